The summed E-state index contributed by atoms with van der Waals surface area (Å²) in [7, 11) is 1.57. The largest absolute Gasteiger partial charge is 0.383 e. The zero-order valence-electron chi connectivity index (χ0n) is 9.19. The summed E-state index contributed by atoms with van der Waals surface area (Å²) in [5.41, 5.74) is 0.157. The topological polar surface area (TPSA) is 21.3 Å². The fraction of sp³-hybridized carbons (Fsp3) is 0.455. The highest BCUT2D eigenvalue weighted by Gasteiger charge is 2.12. The normalized spacial score (nSPS) is 12.6. The Bertz CT molecular complexity index is 360. The Balaban J connectivity index is 2.83. The van der Waals surface area contributed by atoms with Crippen LogP contribution < -0.4 is 5.32 Å². The third kappa shape index (κ3) is 3.42. The maximum absolute atomic E-state index is 13.5. The number of halogens is 3. The lowest BCUT2D eigenvalue weighted by atomic mass is 10.2. The van der Waals surface area contributed by atoms with Crippen molar-refractivity contribution in [2.45, 2.75) is 19.4 Å². The van der Waals surface area contributed by atoms with Crippen molar-refractivity contribution in [2.24, 2.45) is 0 Å². The lowest BCUT2D eigenvalue weighted by Gasteiger charge is -2.18. The highest BCUT2D eigenvalue weighted by molar-refractivity contribution is 9.10. The van der Waals surface area contributed by atoms with Crippen LogP contribution in [0.1, 0.15) is 13.3 Å². The van der Waals surface area contributed by atoms with Crippen molar-refractivity contribution in [3.63, 3.8) is 0 Å². The summed E-state index contributed by atoms with van der Waals surface area (Å²) in [6.45, 7) is 2.40. The summed E-state index contributed by atoms with van der Waals surface area (Å²) in [5, 5.41) is 2.91. The van der Waals surface area contributed by atoms with Gasteiger partial charge in [0.05, 0.1) is 16.8 Å². The molecular weight excluding hydrogens is 280 g/mol. The van der Waals surface area contributed by atoms with Crippen LogP contribution in [0.15, 0.2) is 16.6 Å². The zero-order chi connectivity index (χ0) is 12.1. The molecule has 90 valence electrons. The molecule has 0 aliphatic rings. The summed E-state index contributed by atoms with van der Waals surface area (Å²) in [5.74, 6) is -0.973. The monoisotopic (exact) mass is 293 g/mol. The lowest BCUT2D eigenvalue weighted by molar-refractivity contribution is 0.184. The molecule has 0 heterocycles. The smallest absolute Gasteiger partial charge is 0.147 e. The highest BCUT2D eigenvalue weighted by Crippen LogP contribution is 2.24. The van der Waals surface area contributed by atoms with E-state index in [1.807, 2.05) is 6.92 Å². The molecule has 1 atom stereocenters. The molecule has 1 unspecified atom stereocenters. The van der Waals surface area contributed by atoms with Crippen LogP contribution in [0, 0.1) is 11.6 Å². The molecule has 0 fully saturated rings. The quantitative estimate of drug-likeness (QED) is 0.838. The van der Waals surface area contributed by atoms with E-state index in [1.165, 1.54) is 0 Å². The first-order chi connectivity index (χ1) is 7.58. The summed E-state index contributed by atoms with van der Waals surface area (Å²) in [6, 6.07) is 2.22. The Hall–Kier alpha value is -0.680. The molecule has 0 aromatic heterocycles. The van der Waals surface area contributed by atoms with Gasteiger partial charge in [-0.05, 0) is 28.4 Å². The van der Waals surface area contributed by atoms with Crippen molar-refractivity contribution in [2.75, 3.05) is 19.0 Å². The molecule has 0 aliphatic carbocycles. The van der Waals surface area contributed by atoms with E-state index in [1.54, 1.807) is 7.11 Å². The van der Waals surface area contributed by atoms with Crippen molar-refractivity contribution in [1.29, 1.82) is 0 Å². The first-order valence-electron chi connectivity index (χ1n) is 4.98. The van der Waals surface area contributed by atoms with E-state index in [9.17, 15) is 8.78 Å². The van der Waals surface area contributed by atoms with Gasteiger partial charge in [-0.1, -0.05) is 6.92 Å². The SMILES string of the molecule is CCC(COC)Nc1cc(F)c(Br)cc1F. The predicted octanol–water partition coefficient (Wildman–Crippen LogP) is 3.56. The fourth-order valence-electron chi connectivity index (χ4n) is 1.32. The molecule has 5 heteroatoms. The van der Waals surface area contributed by atoms with Crippen LogP contribution in [-0.2, 0) is 4.74 Å². The first-order valence-corrected chi connectivity index (χ1v) is 5.77. The Morgan fingerprint density at radius 1 is 1.38 bits per heavy atom. The van der Waals surface area contributed by atoms with Crippen molar-refractivity contribution in [3.8, 4) is 0 Å². The van der Waals surface area contributed by atoms with Crippen LogP contribution >= 0.6 is 15.9 Å². The van der Waals surface area contributed by atoms with Gasteiger partial charge in [-0.15, -0.1) is 0 Å². The van der Waals surface area contributed by atoms with Crippen molar-refractivity contribution in [3.05, 3.63) is 28.2 Å². The van der Waals surface area contributed by atoms with E-state index >= 15 is 0 Å². The molecule has 16 heavy (non-hydrogen) atoms. The number of rotatable bonds is 5. The minimum absolute atomic E-state index is 0.0277. The molecule has 0 aliphatic heterocycles. The van der Waals surface area contributed by atoms with Gasteiger partial charge in [-0.3, -0.25) is 0 Å². The molecule has 0 saturated carbocycles. The number of benzene rings is 1. The molecule has 1 aromatic carbocycles. The van der Waals surface area contributed by atoms with E-state index in [-0.39, 0.29) is 16.2 Å². The standard InChI is InChI=1S/C11H14BrF2NO/c1-3-7(6-16-2)15-11-5-9(13)8(12)4-10(11)14/h4-5,7,15H,3,6H2,1-2H3. The molecule has 0 spiro atoms. The van der Waals surface area contributed by atoms with Gasteiger partial charge in [0.1, 0.15) is 11.6 Å². The van der Waals surface area contributed by atoms with E-state index in [2.05, 4.69) is 21.2 Å². The van der Waals surface area contributed by atoms with E-state index in [0.717, 1.165) is 18.6 Å². The minimum Gasteiger partial charge on any atom is -0.383 e. The molecule has 0 radical (unpaired) electrons. The van der Waals surface area contributed by atoms with Gasteiger partial charge in [-0.25, -0.2) is 8.78 Å². The number of methoxy groups -OCH3 is 1. The Morgan fingerprint density at radius 3 is 2.62 bits per heavy atom. The van der Waals surface area contributed by atoms with Crippen LogP contribution in [0.3, 0.4) is 0 Å². The van der Waals surface area contributed by atoms with Gasteiger partial charge < -0.3 is 10.1 Å². The van der Waals surface area contributed by atoms with Crippen LogP contribution in [0.2, 0.25) is 0 Å². The summed E-state index contributed by atoms with van der Waals surface area (Å²) < 4.78 is 31.8. The molecular formula is C11H14BrF2NO. The van der Waals surface area contributed by atoms with E-state index in [0.29, 0.717) is 6.61 Å². The fourth-order valence-corrected chi connectivity index (χ4v) is 1.63. The average molecular weight is 294 g/mol. The maximum Gasteiger partial charge on any atom is 0.147 e. The number of hydrogen-bond acceptors (Lipinski definition) is 2. The second-order valence-corrected chi connectivity index (χ2v) is 4.31. The summed E-state index contributed by atoms with van der Waals surface area (Å²) in [4.78, 5) is 0. The number of hydrogen-bond donors (Lipinski definition) is 1. The predicted molar refractivity (Wildman–Crippen MR) is 63.6 cm³/mol. The molecule has 1 aromatic rings. The van der Waals surface area contributed by atoms with Crippen LogP contribution in [0.4, 0.5) is 14.5 Å². The molecule has 0 bridgehead atoms. The van der Waals surface area contributed by atoms with Crippen LogP contribution in [0.5, 0.6) is 0 Å². The van der Waals surface area contributed by atoms with Gasteiger partial charge in [-0.2, -0.15) is 0 Å². The minimum atomic E-state index is -0.490. The summed E-state index contributed by atoms with van der Waals surface area (Å²) in [6.07, 6.45) is 0.769. The average Bonchev–Trinajstić information content (AvgIpc) is 2.25. The lowest BCUT2D eigenvalue weighted by Crippen LogP contribution is -2.24. The third-order valence-corrected chi connectivity index (χ3v) is 2.84. The van der Waals surface area contributed by atoms with Gasteiger partial charge >= 0.3 is 0 Å². The first kappa shape index (κ1) is 13.4. The Morgan fingerprint density at radius 2 is 2.06 bits per heavy atom. The number of nitrogens with one attached hydrogen (secondary N) is 1. The van der Waals surface area contributed by atoms with E-state index < -0.39 is 11.6 Å². The van der Waals surface area contributed by atoms with Gasteiger partial charge in [0.15, 0.2) is 0 Å². The van der Waals surface area contributed by atoms with E-state index in [4.69, 9.17) is 4.74 Å². The second-order valence-electron chi connectivity index (χ2n) is 3.45. The Kier molecular flexibility index (Phi) is 5.15. The number of anilines is 1. The Labute approximate surface area is 102 Å². The van der Waals surface area contributed by atoms with Crippen LogP contribution in [0.25, 0.3) is 0 Å². The van der Waals surface area contributed by atoms with Crippen LogP contribution in [-0.4, -0.2) is 19.8 Å². The third-order valence-electron chi connectivity index (χ3n) is 2.23. The highest BCUT2D eigenvalue weighted by atomic mass is 79.9. The van der Waals surface area contributed by atoms with Gasteiger partial charge in [0, 0.05) is 19.2 Å². The van der Waals surface area contributed by atoms with Crippen molar-refractivity contribution in [1.82, 2.24) is 0 Å². The molecule has 0 saturated heterocycles. The van der Waals surface area contributed by atoms with Crippen molar-refractivity contribution >= 4 is 21.6 Å². The van der Waals surface area contributed by atoms with Crippen molar-refractivity contribution < 1.29 is 13.5 Å². The summed E-state index contributed by atoms with van der Waals surface area (Å²) >= 11 is 2.93. The molecule has 2 nitrogen and oxygen atoms in total. The molecule has 1 N–H and O–H groups in total. The second kappa shape index (κ2) is 6.15. The zero-order valence-corrected chi connectivity index (χ0v) is 10.8. The maximum atomic E-state index is 13.5. The van der Waals surface area contributed by atoms with Gasteiger partial charge in [0.2, 0.25) is 0 Å². The molecule has 0 amide bonds. The number of ether oxygens (including phenoxy) is 1. The van der Waals surface area contributed by atoms with Gasteiger partial charge in [0.25, 0.3) is 0 Å². The molecule has 1 rings (SSSR count).